The average Bonchev–Trinajstić information content (AvgIpc) is 2.78. The molecule has 18 heavy (non-hydrogen) atoms. The summed E-state index contributed by atoms with van der Waals surface area (Å²) in [6.07, 6.45) is 2.18. The van der Waals surface area contributed by atoms with Gasteiger partial charge >= 0.3 is 6.09 Å². The molecule has 1 amide bonds. The van der Waals surface area contributed by atoms with Crippen molar-refractivity contribution in [3.63, 3.8) is 0 Å². The van der Waals surface area contributed by atoms with Crippen LogP contribution in [0.4, 0.5) is 4.79 Å². The zero-order chi connectivity index (χ0) is 13.0. The average molecular weight is 247 g/mol. The lowest BCUT2D eigenvalue weighted by Crippen LogP contribution is -2.43. The molecule has 0 aromatic heterocycles. The van der Waals surface area contributed by atoms with Crippen LogP contribution in [0, 0.1) is 11.3 Å². The molecule has 5 heteroatoms. The number of amides is 1. The van der Waals surface area contributed by atoms with Gasteiger partial charge in [0.05, 0.1) is 5.84 Å². The fraction of sp³-hybridized carbons (Fsp3) is 0.385. The van der Waals surface area contributed by atoms with Gasteiger partial charge in [-0.2, -0.15) is 0 Å². The second-order valence-electron chi connectivity index (χ2n) is 4.45. The molecular formula is C13H17N3O2. The van der Waals surface area contributed by atoms with Crippen LogP contribution in [0.3, 0.4) is 0 Å². The van der Waals surface area contributed by atoms with E-state index < -0.39 is 6.09 Å². The first-order chi connectivity index (χ1) is 8.66. The summed E-state index contributed by atoms with van der Waals surface area (Å²) < 4.78 is 5.14. The predicted octanol–water partition coefficient (Wildman–Crippen LogP) is 1.88. The van der Waals surface area contributed by atoms with E-state index in [0.29, 0.717) is 5.75 Å². The fourth-order valence-corrected chi connectivity index (χ4v) is 2.28. The molecule has 5 nitrogen and oxygen atoms in total. The molecular weight excluding hydrogens is 230 g/mol. The van der Waals surface area contributed by atoms with Crippen LogP contribution < -0.4 is 15.8 Å². The van der Waals surface area contributed by atoms with Crippen molar-refractivity contribution >= 4 is 11.9 Å². The Bertz CT molecular complexity index is 433. The van der Waals surface area contributed by atoms with Gasteiger partial charge in [0, 0.05) is 12.0 Å². The van der Waals surface area contributed by atoms with Gasteiger partial charge in [-0.1, -0.05) is 24.6 Å². The number of hydrogen-bond acceptors (Lipinski definition) is 3. The van der Waals surface area contributed by atoms with Crippen LogP contribution in [0.25, 0.3) is 0 Å². The van der Waals surface area contributed by atoms with Gasteiger partial charge in [-0.3, -0.25) is 5.41 Å². The third-order valence-corrected chi connectivity index (χ3v) is 3.17. The zero-order valence-electron chi connectivity index (χ0n) is 10.1. The second kappa shape index (κ2) is 5.53. The number of para-hydroxylation sites is 1. The van der Waals surface area contributed by atoms with Crippen molar-refractivity contribution in [1.29, 1.82) is 5.41 Å². The lowest BCUT2D eigenvalue weighted by Gasteiger charge is -2.19. The van der Waals surface area contributed by atoms with Crippen LogP contribution in [-0.4, -0.2) is 18.0 Å². The van der Waals surface area contributed by atoms with Gasteiger partial charge in [0.15, 0.2) is 0 Å². The molecule has 1 aromatic carbocycles. The van der Waals surface area contributed by atoms with Crippen molar-refractivity contribution in [2.24, 2.45) is 11.7 Å². The smallest absolute Gasteiger partial charge is 0.410 e. The summed E-state index contributed by atoms with van der Waals surface area (Å²) in [6.45, 7) is 0. The number of ether oxygens (including phenoxy) is 1. The molecule has 0 radical (unpaired) electrons. The Morgan fingerprint density at radius 2 is 2.06 bits per heavy atom. The highest BCUT2D eigenvalue weighted by molar-refractivity contribution is 5.81. The van der Waals surface area contributed by atoms with Crippen LogP contribution >= 0.6 is 0 Å². The van der Waals surface area contributed by atoms with Gasteiger partial charge in [0.1, 0.15) is 5.75 Å². The Morgan fingerprint density at radius 3 is 2.72 bits per heavy atom. The number of amidine groups is 1. The summed E-state index contributed by atoms with van der Waals surface area (Å²) >= 11 is 0. The van der Waals surface area contributed by atoms with E-state index in [1.165, 1.54) is 0 Å². The molecule has 1 aliphatic carbocycles. The highest BCUT2D eigenvalue weighted by atomic mass is 16.6. The van der Waals surface area contributed by atoms with Crippen molar-refractivity contribution in [3.8, 4) is 5.75 Å². The Labute approximate surface area is 106 Å². The highest BCUT2D eigenvalue weighted by Gasteiger charge is 2.31. The number of rotatable bonds is 3. The number of carbonyl (C=O) groups excluding carboxylic acids is 1. The molecule has 1 aliphatic rings. The van der Waals surface area contributed by atoms with Crippen LogP contribution in [0.5, 0.6) is 5.75 Å². The van der Waals surface area contributed by atoms with Crippen molar-refractivity contribution in [1.82, 2.24) is 5.32 Å². The molecule has 0 saturated heterocycles. The maximum Gasteiger partial charge on any atom is 0.412 e. The Balaban J connectivity index is 1.90. The number of nitrogens with one attached hydrogen (secondary N) is 2. The van der Waals surface area contributed by atoms with Gasteiger partial charge in [-0.05, 0) is 25.0 Å². The van der Waals surface area contributed by atoms with Gasteiger partial charge < -0.3 is 15.8 Å². The van der Waals surface area contributed by atoms with E-state index >= 15 is 0 Å². The van der Waals surface area contributed by atoms with Gasteiger partial charge in [0.2, 0.25) is 0 Å². The first-order valence-electron chi connectivity index (χ1n) is 6.04. The number of carbonyl (C=O) groups is 1. The number of hydrogen-bond donors (Lipinski definition) is 3. The third-order valence-electron chi connectivity index (χ3n) is 3.17. The van der Waals surface area contributed by atoms with E-state index in [4.69, 9.17) is 15.9 Å². The van der Waals surface area contributed by atoms with Crippen LogP contribution in [-0.2, 0) is 0 Å². The molecule has 2 atom stereocenters. The molecule has 96 valence electrons. The first-order valence-corrected chi connectivity index (χ1v) is 6.04. The second-order valence-corrected chi connectivity index (χ2v) is 4.45. The highest BCUT2D eigenvalue weighted by Crippen LogP contribution is 2.25. The molecule has 1 fully saturated rings. The zero-order valence-corrected chi connectivity index (χ0v) is 10.1. The van der Waals surface area contributed by atoms with E-state index in [1.54, 1.807) is 24.3 Å². The monoisotopic (exact) mass is 247 g/mol. The minimum atomic E-state index is -0.487. The molecule has 2 unspecified atom stereocenters. The Hall–Kier alpha value is -2.04. The lowest BCUT2D eigenvalue weighted by molar-refractivity contribution is 0.194. The SMILES string of the molecule is N=C(N)C1CCCC1NC(=O)Oc1ccccc1. The first kappa shape index (κ1) is 12.4. The summed E-state index contributed by atoms with van der Waals surface area (Å²) in [7, 11) is 0. The molecule has 4 N–H and O–H groups in total. The van der Waals surface area contributed by atoms with Crippen molar-refractivity contribution in [3.05, 3.63) is 30.3 Å². The topological polar surface area (TPSA) is 88.2 Å². The molecule has 0 spiro atoms. The third kappa shape index (κ3) is 3.00. The number of nitrogens with two attached hydrogens (primary N) is 1. The van der Waals surface area contributed by atoms with Crippen LogP contribution in [0.15, 0.2) is 30.3 Å². The molecule has 1 aromatic rings. The van der Waals surface area contributed by atoms with Crippen LogP contribution in [0.2, 0.25) is 0 Å². The summed E-state index contributed by atoms with van der Waals surface area (Å²) in [5.74, 6) is 0.582. The largest absolute Gasteiger partial charge is 0.412 e. The lowest BCUT2D eigenvalue weighted by atomic mass is 10.0. The Morgan fingerprint density at radius 1 is 1.33 bits per heavy atom. The summed E-state index contributed by atoms with van der Waals surface area (Å²) in [4.78, 5) is 11.7. The van der Waals surface area contributed by atoms with E-state index in [-0.39, 0.29) is 17.8 Å². The number of benzene rings is 1. The maximum atomic E-state index is 11.7. The van der Waals surface area contributed by atoms with Gasteiger partial charge in [-0.15, -0.1) is 0 Å². The maximum absolute atomic E-state index is 11.7. The van der Waals surface area contributed by atoms with E-state index in [2.05, 4.69) is 5.32 Å². The Kier molecular flexibility index (Phi) is 3.82. The minimum absolute atomic E-state index is 0.0617. The molecule has 2 rings (SSSR count). The van der Waals surface area contributed by atoms with Gasteiger partial charge in [-0.25, -0.2) is 4.79 Å². The molecule has 1 saturated carbocycles. The quantitative estimate of drug-likeness (QED) is 0.563. The summed E-state index contributed by atoms with van der Waals surface area (Å²) in [5.41, 5.74) is 5.51. The molecule has 0 heterocycles. The fourth-order valence-electron chi connectivity index (χ4n) is 2.28. The predicted molar refractivity (Wildman–Crippen MR) is 68.6 cm³/mol. The molecule has 0 aliphatic heterocycles. The summed E-state index contributed by atoms with van der Waals surface area (Å²) in [5, 5.41) is 10.2. The van der Waals surface area contributed by atoms with Crippen molar-refractivity contribution in [2.75, 3.05) is 0 Å². The standard InChI is InChI=1S/C13H17N3O2/c14-12(15)10-7-4-8-11(10)16-13(17)18-9-5-2-1-3-6-9/h1-3,5-6,10-11H,4,7-8H2,(H3,14,15)(H,16,17). The van der Waals surface area contributed by atoms with Crippen molar-refractivity contribution in [2.45, 2.75) is 25.3 Å². The summed E-state index contributed by atoms with van der Waals surface area (Å²) in [6, 6.07) is 8.81. The molecule has 0 bridgehead atoms. The van der Waals surface area contributed by atoms with Gasteiger partial charge in [0.25, 0.3) is 0 Å². The van der Waals surface area contributed by atoms with Crippen LogP contribution in [0.1, 0.15) is 19.3 Å². The van der Waals surface area contributed by atoms with E-state index in [1.807, 2.05) is 6.07 Å². The van der Waals surface area contributed by atoms with Crippen molar-refractivity contribution < 1.29 is 9.53 Å². The minimum Gasteiger partial charge on any atom is -0.410 e. The van der Waals surface area contributed by atoms with E-state index in [9.17, 15) is 4.79 Å². The normalized spacial score (nSPS) is 22.4. The van der Waals surface area contributed by atoms with E-state index in [0.717, 1.165) is 19.3 Å².